The molecule has 0 radical (unpaired) electrons. The number of aryl methyl sites for hydroxylation is 2. The summed E-state index contributed by atoms with van der Waals surface area (Å²) in [7, 11) is 0. The zero-order valence-electron chi connectivity index (χ0n) is 14.2. The number of aliphatic hydroxyl groups excluding tert-OH is 2. The molecule has 1 aliphatic carbocycles. The second-order valence-corrected chi connectivity index (χ2v) is 6.85. The van der Waals surface area contributed by atoms with Crippen molar-refractivity contribution in [3.8, 4) is 0 Å². The predicted octanol–water partition coefficient (Wildman–Crippen LogP) is -0.281. The van der Waals surface area contributed by atoms with E-state index in [1.807, 2.05) is 4.90 Å². The first kappa shape index (κ1) is 17.4. The Kier molecular flexibility index (Phi) is 5.86. The molecule has 1 amide bonds. The van der Waals surface area contributed by atoms with Gasteiger partial charge in [0.1, 0.15) is 0 Å². The van der Waals surface area contributed by atoms with E-state index in [0.717, 1.165) is 18.5 Å². The SMILES string of the molecule is O=C(CCc1n[nH]c2c1CCCC2)N1CCN(CCO)C[C@@H](O)C1. The van der Waals surface area contributed by atoms with Crippen LogP contribution in [0.15, 0.2) is 0 Å². The molecule has 7 nitrogen and oxygen atoms in total. The lowest BCUT2D eigenvalue weighted by molar-refractivity contribution is -0.132. The van der Waals surface area contributed by atoms with Crippen molar-refractivity contribution in [1.29, 1.82) is 0 Å². The fourth-order valence-electron chi connectivity index (χ4n) is 3.77. The van der Waals surface area contributed by atoms with Gasteiger partial charge in [-0.05, 0) is 31.2 Å². The third-order valence-corrected chi connectivity index (χ3v) is 5.07. The highest BCUT2D eigenvalue weighted by Crippen LogP contribution is 2.23. The molecule has 1 aromatic heterocycles. The van der Waals surface area contributed by atoms with Gasteiger partial charge in [-0.25, -0.2) is 0 Å². The second-order valence-electron chi connectivity index (χ2n) is 6.85. The summed E-state index contributed by atoms with van der Waals surface area (Å²) in [5, 5.41) is 26.7. The molecule has 1 aliphatic heterocycles. The van der Waals surface area contributed by atoms with Gasteiger partial charge < -0.3 is 15.1 Å². The van der Waals surface area contributed by atoms with Gasteiger partial charge in [0.25, 0.3) is 0 Å². The number of carbonyl (C=O) groups is 1. The smallest absolute Gasteiger partial charge is 0.223 e. The van der Waals surface area contributed by atoms with Gasteiger partial charge in [-0.15, -0.1) is 0 Å². The fourth-order valence-corrected chi connectivity index (χ4v) is 3.77. The average molecular weight is 336 g/mol. The number of hydrogen-bond acceptors (Lipinski definition) is 5. The predicted molar refractivity (Wildman–Crippen MR) is 89.7 cm³/mol. The van der Waals surface area contributed by atoms with Crippen LogP contribution in [0.25, 0.3) is 0 Å². The average Bonchev–Trinajstić information content (AvgIpc) is 2.90. The first-order valence-corrected chi connectivity index (χ1v) is 9.01. The van der Waals surface area contributed by atoms with Gasteiger partial charge in [0.2, 0.25) is 5.91 Å². The van der Waals surface area contributed by atoms with Gasteiger partial charge in [-0.3, -0.25) is 14.8 Å². The third-order valence-electron chi connectivity index (χ3n) is 5.07. The number of hydrogen-bond donors (Lipinski definition) is 3. The largest absolute Gasteiger partial charge is 0.395 e. The molecule has 3 N–H and O–H groups in total. The molecule has 2 aliphatic rings. The summed E-state index contributed by atoms with van der Waals surface area (Å²) in [6, 6.07) is 0. The van der Waals surface area contributed by atoms with Crippen molar-refractivity contribution in [2.24, 2.45) is 0 Å². The number of β-amino-alcohol motifs (C(OH)–C–C–N with tert-alkyl or cyclic N) is 2. The monoisotopic (exact) mass is 336 g/mol. The summed E-state index contributed by atoms with van der Waals surface area (Å²) in [6.45, 7) is 2.80. The minimum absolute atomic E-state index is 0.0743. The van der Waals surface area contributed by atoms with Gasteiger partial charge in [0.15, 0.2) is 0 Å². The van der Waals surface area contributed by atoms with Crippen LogP contribution >= 0.6 is 0 Å². The summed E-state index contributed by atoms with van der Waals surface area (Å²) in [5.74, 6) is 0.0763. The van der Waals surface area contributed by atoms with Crippen molar-refractivity contribution in [1.82, 2.24) is 20.0 Å². The summed E-state index contributed by atoms with van der Waals surface area (Å²) < 4.78 is 0. The van der Waals surface area contributed by atoms with E-state index in [1.165, 1.54) is 24.1 Å². The van der Waals surface area contributed by atoms with E-state index in [-0.39, 0.29) is 12.5 Å². The molecule has 1 fully saturated rings. The van der Waals surface area contributed by atoms with Crippen LogP contribution in [0.5, 0.6) is 0 Å². The zero-order valence-corrected chi connectivity index (χ0v) is 14.2. The Hall–Kier alpha value is -1.44. The second kappa shape index (κ2) is 8.09. The first-order chi connectivity index (χ1) is 11.7. The minimum Gasteiger partial charge on any atom is -0.395 e. The Bertz CT molecular complexity index is 560. The maximum Gasteiger partial charge on any atom is 0.223 e. The summed E-state index contributed by atoms with van der Waals surface area (Å²) in [5.41, 5.74) is 3.60. The Balaban J connectivity index is 1.54. The maximum absolute atomic E-state index is 12.5. The van der Waals surface area contributed by atoms with Crippen LogP contribution < -0.4 is 0 Å². The number of fused-ring (bicyclic) bond motifs is 1. The number of H-pyrrole nitrogens is 1. The zero-order chi connectivity index (χ0) is 16.9. The molecule has 0 aromatic carbocycles. The molecule has 24 heavy (non-hydrogen) atoms. The summed E-state index contributed by atoms with van der Waals surface area (Å²) in [4.78, 5) is 16.3. The van der Waals surface area contributed by atoms with E-state index >= 15 is 0 Å². The molecule has 1 aromatic rings. The molecule has 0 saturated carbocycles. The van der Waals surface area contributed by atoms with Crippen LogP contribution in [-0.2, 0) is 24.1 Å². The molecule has 3 rings (SSSR count). The number of nitrogens with one attached hydrogen (secondary N) is 1. The molecule has 0 unspecified atom stereocenters. The maximum atomic E-state index is 12.5. The van der Waals surface area contributed by atoms with Gasteiger partial charge in [-0.1, -0.05) is 0 Å². The number of aromatic nitrogens is 2. The highest BCUT2D eigenvalue weighted by atomic mass is 16.3. The minimum atomic E-state index is -0.554. The van der Waals surface area contributed by atoms with Crippen LogP contribution in [-0.4, -0.2) is 81.6 Å². The van der Waals surface area contributed by atoms with E-state index in [2.05, 4.69) is 10.2 Å². The molecule has 1 atom stereocenters. The van der Waals surface area contributed by atoms with Gasteiger partial charge in [0.05, 0.1) is 18.4 Å². The Morgan fingerprint density at radius 2 is 2.08 bits per heavy atom. The molecular weight excluding hydrogens is 308 g/mol. The van der Waals surface area contributed by atoms with Crippen LogP contribution in [0.2, 0.25) is 0 Å². The molecule has 1 saturated heterocycles. The lowest BCUT2D eigenvalue weighted by atomic mass is 9.94. The topological polar surface area (TPSA) is 92.7 Å². The van der Waals surface area contributed by atoms with Crippen molar-refractivity contribution in [2.75, 3.05) is 39.3 Å². The number of nitrogens with zero attached hydrogens (tertiary/aromatic N) is 3. The van der Waals surface area contributed by atoms with Crippen molar-refractivity contribution >= 4 is 5.91 Å². The van der Waals surface area contributed by atoms with Gasteiger partial charge in [-0.2, -0.15) is 5.10 Å². The van der Waals surface area contributed by atoms with Crippen molar-refractivity contribution in [2.45, 2.75) is 44.6 Å². The van der Waals surface area contributed by atoms with Crippen LogP contribution in [0.3, 0.4) is 0 Å². The molecule has 2 heterocycles. The van der Waals surface area contributed by atoms with Crippen molar-refractivity contribution in [3.63, 3.8) is 0 Å². The first-order valence-electron chi connectivity index (χ1n) is 9.01. The van der Waals surface area contributed by atoms with Crippen LogP contribution in [0.4, 0.5) is 0 Å². The Labute approximate surface area is 142 Å². The van der Waals surface area contributed by atoms with Gasteiger partial charge in [0, 0.05) is 51.3 Å². The highest BCUT2D eigenvalue weighted by Gasteiger charge is 2.25. The van der Waals surface area contributed by atoms with E-state index in [4.69, 9.17) is 5.11 Å². The number of amides is 1. The quantitative estimate of drug-likeness (QED) is 0.688. The molecular formula is C17H28N4O3. The third kappa shape index (κ3) is 4.15. The van der Waals surface area contributed by atoms with Crippen molar-refractivity contribution in [3.05, 3.63) is 17.0 Å². The highest BCUT2D eigenvalue weighted by molar-refractivity contribution is 5.76. The lowest BCUT2D eigenvalue weighted by Crippen LogP contribution is -2.37. The standard InChI is InChI=1S/C17H28N4O3/c22-10-9-20-7-8-21(12-13(23)11-20)17(24)6-5-16-14-3-1-2-4-15(14)18-19-16/h13,22-23H,1-12H2,(H,18,19)/t13-/m1/s1. The Morgan fingerprint density at radius 1 is 1.25 bits per heavy atom. The van der Waals surface area contributed by atoms with Gasteiger partial charge >= 0.3 is 0 Å². The molecule has 0 bridgehead atoms. The number of aromatic amines is 1. The van der Waals surface area contributed by atoms with Crippen LogP contribution in [0.1, 0.15) is 36.2 Å². The number of aliphatic hydroxyl groups is 2. The van der Waals surface area contributed by atoms with E-state index in [9.17, 15) is 9.90 Å². The van der Waals surface area contributed by atoms with Crippen molar-refractivity contribution < 1.29 is 15.0 Å². The number of rotatable bonds is 5. The summed E-state index contributed by atoms with van der Waals surface area (Å²) in [6.07, 6.45) is 5.09. The summed E-state index contributed by atoms with van der Waals surface area (Å²) >= 11 is 0. The molecule has 134 valence electrons. The van der Waals surface area contributed by atoms with E-state index in [0.29, 0.717) is 45.6 Å². The molecule has 0 spiro atoms. The fraction of sp³-hybridized carbons (Fsp3) is 0.765. The molecule has 7 heteroatoms. The van der Waals surface area contributed by atoms with E-state index in [1.54, 1.807) is 4.90 Å². The van der Waals surface area contributed by atoms with Crippen LogP contribution in [0, 0.1) is 0 Å². The Morgan fingerprint density at radius 3 is 2.92 bits per heavy atom. The van der Waals surface area contributed by atoms with E-state index < -0.39 is 6.10 Å². The normalized spacial score (nSPS) is 22.2. The number of carbonyl (C=O) groups excluding carboxylic acids is 1. The lowest BCUT2D eigenvalue weighted by Gasteiger charge is -2.21.